The molecule has 8 nitrogen and oxygen atoms in total. The SMILES string of the molecule is CCOCCSc1nnc(NC(=O)Nc2ccc(OC)c(OC)c2)s1. The van der Waals surface area contributed by atoms with E-state index in [1.807, 2.05) is 6.92 Å². The van der Waals surface area contributed by atoms with Gasteiger partial charge in [-0.05, 0) is 19.1 Å². The number of amides is 2. The molecule has 0 aliphatic carbocycles. The summed E-state index contributed by atoms with van der Waals surface area (Å²) in [6.07, 6.45) is 0. The smallest absolute Gasteiger partial charge is 0.325 e. The lowest BCUT2D eigenvalue weighted by molar-refractivity contribution is 0.164. The highest BCUT2D eigenvalue weighted by atomic mass is 32.2. The summed E-state index contributed by atoms with van der Waals surface area (Å²) in [5, 5.41) is 13.8. The summed E-state index contributed by atoms with van der Waals surface area (Å²) in [4.78, 5) is 12.1. The monoisotopic (exact) mass is 384 g/mol. The number of ether oxygens (including phenoxy) is 3. The van der Waals surface area contributed by atoms with E-state index < -0.39 is 6.03 Å². The Morgan fingerprint density at radius 1 is 1.20 bits per heavy atom. The van der Waals surface area contributed by atoms with Gasteiger partial charge in [-0.25, -0.2) is 4.79 Å². The number of nitrogens with zero attached hydrogens (tertiary/aromatic N) is 2. The molecule has 0 bridgehead atoms. The zero-order valence-electron chi connectivity index (χ0n) is 14.2. The van der Waals surface area contributed by atoms with Gasteiger partial charge in [0.15, 0.2) is 15.8 Å². The van der Waals surface area contributed by atoms with Crippen molar-refractivity contribution in [1.82, 2.24) is 10.2 Å². The maximum absolute atomic E-state index is 12.1. The van der Waals surface area contributed by atoms with Gasteiger partial charge in [-0.2, -0.15) is 0 Å². The number of rotatable bonds is 9. The fourth-order valence-electron chi connectivity index (χ4n) is 1.82. The van der Waals surface area contributed by atoms with Crippen molar-refractivity contribution in [2.24, 2.45) is 0 Å². The van der Waals surface area contributed by atoms with Gasteiger partial charge in [0.1, 0.15) is 0 Å². The van der Waals surface area contributed by atoms with Gasteiger partial charge in [0, 0.05) is 24.1 Å². The average molecular weight is 384 g/mol. The van der Waals surface area contributed by atoms with Crippen molar-refractivity contribution in [2.75, 3.05) is 43.8 Å². The van der Waals surface area contributed by atoms with Gasteiger partial charge in [0.05, 0.1) is 20.8 Å². The predicted molar refractivity (Wildman–Crippen MR) is 99.3 cm³/mol. The van der Waals surface area contributed by atoms with Crippen molar-refractivity contribution in [3.05, 3.63) is 18.2 Å². The van der Waals surface area contributed by atoms with E-state index >= 15 is 0 Å². The summed E-state index contributed by atoms with van der Waals surface area (Å²) in [6.45, 7) is 3.30. The van der Waals surface area contributed by atoms with Crippen LogP contribution in [0.1, 0.15) is 6.92 Å². The van der Waals surface area contributed by atoms with Crippen LogP contribution < -0.4 is 20.1 Å². The zero-order valence-corrected chi connectivity index (χ0v) is 15.8. The summed E-state index contributed by atoms with van der Waals surface area (Å²) in [6, 6.07) is 4.70. The highest BCUT2D eigenvalue weighted by molar-refractivity contribution is 8.01. The number of anilines is 2. The molecule has 0 radical (unpaired) electrons. The lowest BCUT2D eigenvalue weighted by Crippen LogP contribution is -2.19. The minimum atomic E-state index is -0.408. The van der Waals surface area contributed by atoms with Crippen molar-refractivity contribution in [3.63, 3.8) is 0 Å². The van der Waals surface area contributed by atoms with Crippen molar-refractivity contribution in [1.29, 1.82) is 0 Å². The Balaban J connectivity index is 1.87. The third kappa shape index (κ3) is 6.07. The molecule has 1 heterocycles. The predicted octanol–water partition coefficient (Wildman–Crippen LogP) is 3.33. The molecule has 0 saturated heterocycles. The summed E-state index contributed by atoms with van der Waals surface area (Å²) in [7, 11) is 3.09. The van der Waals surface area contributed by atoms with Gasteiger partial charge in [-0.15, -0.1) is 10.2 Å². The van der Waals surface area contributed by atoms with Crippen molar-refractivity contribution in [3.8, 4) is 11.5 Å². The van der Waals surface area contributed by atoms with E-state index in [0.717, 1.165) is 10.1 Å². The van der Waals surface area contributed by atoms with Crippen LogP contribution in [-0.4, -0.2) is 49.4 Å². The number of nitrogens with one attached hydrogen (secondary N) is 2. The first-order valence-electron chi connectivity index (χ1n) is 7.50. The molecule has 25 heavy (non-hydrogen) atoms. The standard InChI is InChI=1S/C15H20N4O4S2/c1-4-23-7-8-24-15-19-18-14(25-15)17-13(20)16-10-5-6-11(21-2)12(9-10)22-3/h5-6,9H,4,7-8H2,1-3H3,(H2,16,17,18,20). The molecule has 0 aliphatic rings. The summed E-state index contributed by atoms with van der Waals surface area (Å²) >= 11 is 2.85. The third-order valence-corrected chi connectivity index (χ3v) is 4.86. The highest BCUT2D eigenvalue weighted by Crippen LogP contribution is 2.30. The minimum absolute atomic E-state index is 0.408. The topological polar surface area (TPSA) is 94.6 Å². The van der Waals surface area contributed by atoms with Gasteiger partial charge >= 0.3 is 6.03 Å². The first-order chi connectivity index (χ1) is 12.2. The maximum atomic E-state index is 12.1. The van der Waals surface area contributed by atoms with Crippen molar-refractivity contribution < 1.29 is 19.0 Å². The van der Waals surface area contributed by atoms with Gasteiger partial charge in [-0.3, -0.25) is 5.32 Å². The van der Waals surface area contributed by atoms with Crippen LogP contribution >= 0.6 is 23.1 Å². The molecule has 0 aliphatic heterocycles. The summed E-state index contributed by atoms with van der Waals surface area (Å²) in [5.41, 5.74) is 0.575. The van der Waals surface area contributed by atoms with E-state index in [2.05, 4.69) is 20.8 Å². The molecule has 0 atom stereocenters. The van der Waals surface area contributed by atoms with Crippen LogP contribution in [0.3, 0.4) is 0 Å². The molecule has 0 saturated carbocycles. The molecular formula is C15H20N4O4S2. The minimum Gasteiger partial charge on any atom is -0.493 e. The van der Waals surface area contributed by atoms with Crippen molar-refractivity contribution in [2.45, 2.75) is 11.3 Å². The maximum Gasteiger partial charge on any atom is 0.325 e. The molecular weight excluding hydrogens is 364 g/mol. The number of hydrogen-bond donors (Lipinski definition) is 2. The number of hydrogen-bond acceptors (Lipinski definition) is 8. The molecule has 136 valence electrons. The molecule has 0 fully saturated rings. The first-order valence-corrected chi connectivity index (χ1v) is 9.30. The Hall–Kier alpha value is -2.04. The first kappa shape index (κ1) is 19.3. The van der Waals surface area contributed by atoms with E-state index in [1.165, 1.54) is 30.2 Å². The second-order valence-electron chi connectivity index (χ2n) is 4.57. The zero-order chi connectivity index (χ0) is 18.1. The number of carbonyl (C=O) groups excluding carboxylic acids is 1. The molecule has 1 aromatic heterocycles. The van der Waals surface area contributed by atoms with Crippen LogP contribution in [0.25, 0.3) is 0 Å². The quantitative estimate of drug-likeness (QED) is 0.389. The Morgan fingerprint density at radius 2 is 2.00 bits per heavy atom. The number of urea groups is 1. The van der Waals surface area contributed by atoms with Crippen LogP contribution in [0.2, 0.25) is 0 Å². The van der Waals surface area contributed by atoms with E-state index in [4.69, 9.17) is 14.2 Å². The van der Waals surface area contributed by atoms with Gasteiger partial charge in [0.25, 0.3) is 0 Å². The van der Waals surface area contributed by atoms with E-state index in [0.29, 0.717) is 35.5 Å². The number of thioether (sulfide) groups is 1. The summed E-state index contributed by atoms with van der Waals surface area (Å²) in [5.74, 6) is 1.91. The number of benzene rings is 1. The molecule has 2 rings (SSSR count). The van der Waals surface area contributed by atoms with Gasteiger partial charge < -0.3 is 19.5 Å². The molecule has 2 N–H and O–H groups in total. The molecule has 10 heteroatoms. The Kier molecular flexibility index (Phi) is 7.76. The largest absolute Gasteiger partial charge is 0.493 e. The van der Waals surface area contributed by atoms with E-state index in [9.17, 15) is 4.79 Å². The van der Waals surface area contributed by atoms with Crippen molar-refractivity contribution >= 4 is 39.9 Å². The Labute approximate surface area is 154 Å². The average Bonchev–Trinajstić information content (AvgIpc) is 3.05. The van der Waals surface area contributed by atoms with Gasteiger partial charge in [0.2, 0.25) is 5.13 Å². The number of carbonyl (C=O) groups is 1. The lowest BCUT2D eigenvalue weighted by atomic mass is 10.3. The molecule has 0 unspecified atom stereocenters. The molecule has 1 aromatic carbocycles. The van der Waals surface area contributed by atoms with Crippen LogP contribution in [-0.2, 0) is 4.74 Å². The van der Waals surface area contributed by atoms with Crippen LogP contribution in [0.15, 0.2) is 22.5 Å². The second kappa shape index (κ2) is 10.1. The molecule has 2 amide bonds. The fourth-order valence-corrected chi connectivity index (χ4v) is 3.49. The van der Waals surface area contributed by atoms with Crippen LogP contribution in [0, 0.1) is 0 Å². The van der Waals surface area contributed by atoms with Crippen LogP contribution in [0.5, 0.6) is 11.5 Å². The van der Waals surface area contributed by atoms with Gasteiger partial charge in [-0.1, -0.05) is 23.1 Å². The molecule has 0 spiro atoms. The number of methoxy groups -OCH3 is 2. The fraction of sp³-hybridized carbons (Fsp3) is 0.400. The third-order valence-electron chi connectivity index (χ3n) is 2.93. The highest BCUT2D eigenvalue weighted by Gasteiger charge is 2.10. The van der Waals surface area contributed by atoms with E-state index in [-0.39, 0.29) is 0 Å². The molecule has 2 aromatic rings. The second-order valence-corrected chi connectivity index (χ2v) is 6.89. The van der Waals surface area contributed by atoms with Crippen LogP contribution in [0.4, 0.5) is 15.6 Å². The summed E-state index contributed by atoms with van der Waals surface area (Å²) < 4.78 is 16.4. The van der Waals surface area contributed by atoms with E-state index in [1.54, 1.807) is 25.3 Å². The number of aromatic nitrogens is 2. The lowest BCUT2D eigenvalue weighted by Gasteiger charge is -2.10. The Bertz CT molecular complexity index is 696. The normalized spacial score (nSPS) is 10.4. The Morgan fingerprint density at radius 3 is 2.72 bits per heavy atom.